The Bertz CT molecular complexity index is 1440. The second kappa shape index (κ2) is 7.51. The number of thiophene rings is 1. The van der Waals surface area contributed by atoms with Gasteiger partial charge < -0.3 is 9.73 Å². The van der Waals surface area contributed by atoms with Gasteiger partial charge in [-0.2, -0.15) is 0 Å². The average Bonchev–Trinajstić information content (AvgIpc) is 3.47. The van der Waals surface area contributed by atoms with E-state index in [1.807, 2.05) is 42.6 Å². The summed E-state index contributed by atoms with van der Waals surface area (Å²) in [6.45, 7) is 2.24. The zero-order valence-electron chi connectivity index (χ0n) is 15.9. The normalized spacial score (nSPS) is 11.4. The van der Waals surface area contributed by atoms with Crippen molar-refractivity contribution in [3.8, 4) is 10.6 Å². The van der Waals surface area contributed by atoms with Gasteiger partial charge >= 0.3 is 0 Å². The molecule has 0 aliphatic rings. The van der Waals surface area contributed by atoms with Crippen molar-refractivity contribution in [1.29, 1.82) is 0 Å². The minimum atomic E-state index is -0.372. The number of nitrogens with zero attached hydrogens (tertiary/aromatic N) is 3. The fourth-order valence-electron chi connectivity index (χ4n) is 3.21. The molecule has 0 saturated carbocycles. The van der Waals surface area contributed by atoms with Crippen molar-refractivity contribution in [2.24, 2.45) is 0 Å². The van der Waals surface area contributed by atoms with Gasteiger partial charge in [-0.15, -0.1) is 22.7 Å². The number of amides is 1. The van der Waals surface area contributed by atoms with Crippen molar-refractivity contribution in [3.63, 3.8) is 0 Å². The lowest BCUT2D eigenvalue weighted by molar-refractivity contribution is -0.121. The van der Waals surface area contributed by atoms with Crippen LogP contribution in [0.2, 0.25) is 0 Å². The number of para-hydroxylation sites is 1. The van der Waals surface area contributed by atoms with Gasteiger partial charge in [-0.1, -0.05) is 12.1 Å². The summed E-state index contributed by atoms with van der Waals surface area (Å²) >= 11 is 3.20. The third-order valence-electron chi connectivity index (χ3n) is 4.66. The Balaban J connectivity index is 1.29. The fourth-order valence-corrected chi connectivity index (χ4v) is 4.81. The lowest BCUT2D eigenvalue weighted by Gasteiger charge is -2.06. The number of hydrogen-bond acceptors (Lipinski definition) is 7. The number of thiazole rings is 1. The van der Waals surface area contributed by atoms with Crippen molar-refractivity contribution in [2.75, 3.05) is 0 Å². The lowest BCUT2D eigenvalue weighted by atomic mass is 10.2. The summed E-state index contributed by atoms with van der Waals surface area (Å²) in [5.74, 6) is -0.270. The van der Waals surface area contributed by atoms with Crippen LogP contribution in [0.5, 0.6) is 0 Å². The first-order valence-corrected chi connectivity index (χ1v) is 10.9. The van der Waals surface area contributed by atoms with Crippen LogP contribution in [0.15, 0.2) is 57.3 Å². The molecule has 150 valence electrons. The molecular weight excluding hydrogens is 420 g/mol. The van der Waals surface area contributed by atoms with Crippen LogP contribution in [0, 0.1) is 6.92 Å². The summed E-state index contributed by atoms with van der Waals surface area (Å²) in [7, 11) is 0. The quantitative estimate of drug-likeness (QED) is 0.451. The van der Waals surface area contributed by atoms with Gasteiger partial charge in [0.05, 0.1) is 28.5 Å². The molecule has 4 aromatic heterocycles. The van der Waals surface area contributed by atoms with Crippen molar-refractivity contribution < 1.29 is 9.21 Å². The van der Waals surface area contributed by atoms with E-state index in [2.05, 4.69) is 15.3 Å². The van der Waals surface area contributed by atoms with E-state index >= 15 is 0 Å². The minimum absolute atomic E-state index is 0.123. The van der Waals surface area contributed by atoms with Crippen LogP contribution in [0.25, 0.3) is 32.6 Å². The van der Waals surface area contributed by atoms with Crippen LogP contribution in [0.4, 0.5) is 0 Å². The number of benzene rings is 1. The van der Waals surface area contributed by atoms with E-state index in [0.29, 0.717) is 17.6 Å². The number of carbonyl (C=O) groups excluding carboxylic acids is 1. The van der Waals surface area contributed by atoms with E-state index < -0.39 is 0 Å². The molecule has 0 spiro atoms. The van der Waals surface area contributed by atoms with Gasteiger partial charge in [-0.25, -0.2) is 9.97 Å². The Morgan fingerprint density at radius 2 is 2.10 bits per heavy atom. The standard InChI is InChI=1S/C21H16N4O3S2/c1-12-24-15(10-29-12)17-7-6-13(30-17)8-22-18(26)9-25-11-23-19-14-4-2-3-5-16(14)28-20(19)21(25)27/h2-7,10-11H,8-9H2,1H3,(H,22,26). The minimum Gasteiger partial charge on any atom is -0.448 e. The van der Waals surface area contributed by atoms with E-state index in [0.717, 1.165) is 25.8 Å². The highest BCUT2D eigenvalue weighted by Gasteiger charge is 2.14. The zero-order chi connectivity index (χ0) is 20.7. The van der Waals surface area contributed by atoms with Crippen molar-refractivity contribution >= 4 is 50.6 Å². The molecule has 1 aromatic carbocycles. The number of hydrogen-bond donors (Lipinski definition) is 1. The van der Waals surface area contributed by atoms with Crippen molar-refractivity contribution in [1.82, 2.24) is 19.9 Å². The summed E-state index contributed by atoms with van der Waals surface area (Å²) in [4.78, 5) is 36.0. The molecule has 7 nitrogen and oxygen atoms in total. The maximum atomic E-state index is 12.7. The second-order valence-corrected chi connectivity index (χ2v) is 8.98. The van der Waals surface area contributed by atoms with Crippen molar-refractivity contribution in [2.45, 2.75) is 20.0 Å². The van der Waals surface area contributed by atoms with Crippen LogP contribution >= 0.6 is 22.7 Å². The molecule has 0 fully saturated rings. The first-order chi connectivity index (χ1) is 14.6. The fraction of sp³-hybridized carbons (Fsp3) is 0.143. The maximum absolute atomic E-state index is 12.7. The van der Waals surface area contributed by atoms with E-state index in [1.54, 1.807) is 28.7 Å². The van der Waals surface area contributed by atoms with Crippen LogP contribution in [-0.2, 0) is 17.9 Å². The van der Waals surface area contributed by atoms with Crippen LogP contribution in [0.1, 0.15) is 9.88 Å². The first-order valence-electron chi connectivity index (χ1n) is 9.23. The second-order valence-electron chi connectivity index (χ2n) is 6.75. The summed E-state index contributed by atoms with van der Waals surface area (Å²) < 4.78 is 6.91. The predicted molar refractivity (Wildman–Crippen MR) is 118 cm³/mol. The molecule has 0 atom stereocenters. The number of carbonyl (C=O) groups is 1. The molecule has 0 unspecified atom stereocenters. The molecule has 0 radical (unpaired) electrons. The Labute approximate surface area is 178 Å². The Hall–Kier alpha value is -3.30. The molecule has 5 aromatic rings. The smallest absolute Gasteiger partial charge is 0.297 e. The first kappa shape index (κ1) is 18.7. The van der Waals surface area contributed by atoms with E-state index in [4.69, 9.17) is 4.42 Å². The van der Waals surface area contributed by atoms with Crippen LogP contribution < -0.4 is 10.9 Å². The summed E-state index contributed by atoms with van der Waals surface area (Å²) in [6, 6.07) is 11.3. The van der Waals surface area contributed by atoms with Gasteiger partial charge in [0.15, 0.2) is 0 Å². The highest BCUT2D eigenvalue weighted by Crippen LogP contribution is 2.29. The Kier molecular flexibility index (Phi) is 4.68. The maximum Gasteiger partial charge on any atom is 0.297 e. The SMILES string of the molecule is Cc1nc(-c2ccc(CNC(=O)Cn3cnc4c(oc5ccccc54)c3=O)s2)cs1. The summed E-state index contributed by atoms with van der Waals surface area (Å²) in [5.41, 5.74) is 1.85. The molecule has 30 heavy (non-hydrogen) atoms. The molecule has 0 aliphatic carbocycles. The number of rotatable bonds is 5. The predicted octanol–water partition coefficient (Wildman–Crippen LogP) is 3.95. The molecule has 0 aliphatic heterocycles. The summed E-state index contributed by atoms with van der Waals surface area (Å²) in [5, 5.41) is 6.68. The highest BCUT2D eigenvalue weighted by atomic mass is 32.1. The third-order valence-corrected chi connectivity index (χ3v) is 6.54. The van der Waals surface area contributed by atoms with E-state index in [-0.39, 0.29) is 23.6 Å². The number of nitrogens with one attached hydrogen (secondary N) is 1. The molecule has 1 amide bonds. The molecule has 1 N–H and O–H groups in total. The average molecular weight is 437 g/mol. The number of furan rings is 1. The van der Waals surface area contributed by atoms with Gasteiger partial charge in [0, 0.05) is 15.6 Å². The number of aryl methyl sites for hydroxylation is 1. The van der Waals surface area contributed by atoms with E-state index in [1.165, 1.54) is 10.9 Å². The van der Waals surface area contributed by atoms with Crippen LogP contribution in [0.3, 0.4) is 0 Å². The molecular formula is C21H16N4O3S2. The van der Waals surface area contributed by atoms with Gasteiger partial charge in [0.1, 0.15) is 17.6 Å². The van der Waals surface area contributed by atoms with Crippen molar-refractivity contribution in [3.05, 3.63) is 68.3 Å². The van der Waals surface area contributed by atoms with Gasteiger partial charge in [0.25, 0.3) is 5.56 Å². The molecule has 4 heterocycles. The zero-order valence-corrected chi connectivity index (χ0v) is 17.5. The van der Waals surface area contributed by atoms with Gasteiger partial charge in [-0.05, 0) is 31.2 Å². The number of aromatic nitrogens is 3. The Morgan fingerprint density at radius 1 is 1.23 bits per heavy atom. The van der Waals surface area contributed by atoms with E-state index in [9.17, 15) is 9.59 Å². The highest BCUT2D eigenvalue weighted by molar-refractivity contribution is 7.16. The van der Waals surface area contributed by atoms with Crippen LogP contribution in [-0.4, -0.2) is 20.4 Å². The molecule has 9 heteroatoms. The molecule has 0 saturated heterocycles. The molecule has 0 bridgehead atoms. The lowest BCUT2D eigenvalue weighted by Crippen LogP contribution is -2.31. The number of fused-ring (bicyclic) bond motifs is 3. The Morgan fingerprint density at radius 3 is 2.93 bits per heavy atom. The summed E-state index contributed by atoms with van der Waals surface area (Å²) in [6.07, 6.45) is 1.39. The monoisotopic (exact) mass is 436 g/mol. The van der Waals surface area contributed by atoms with Gasteiger partial charge in [-0.3, -0.25) is 14.2 Å². The third kappa shape index (κ3) is 3.42. The topological polar surface area (TPSA) is 90.0 Å². The van der Waals surface area contributed by atoms with Gasteiger partial charge in [0.2, 0.25) is 11.5 Å². The largest absolute Gasteiger partial charge is 0.448 e. The molecule has 5 rings (SSSR count).